The van der Waals surface area contributed by atoms with Crippen LogP contribution in [0.25, 0.3) is 21.8 Å². The Labute approximate surface area is 547 Å². The number of carbonyl (C=O) groups is 2. The van der Waals surface area contributed by atoms with E-state index in [4.69, 9.17) is 100 Å². The third-order valence-electron chi connectivity index (χ3n) is 13.3. The van der Waals surface area contributed by atoms with E-state index < -0.39 is 34.0 Å². The summed E-state index contributed by atoms with van der Waals surface area (Å²) >= 11 is 0. The smallest absolute Gasteiger partial charge is 0.345 e. The van der Waals surface area contributed by atoms with Gasteiger partial charge >= 0.3 is 5.97 Å². The van der Waals surface area contributed by atoms with Gasteiger partial charge in [-0.25, -0.2) is 4.79 Å². The zero-order valence-electron chi connectivity index (χ0n) is 55.2. The Hall–Kier alpha value is -4.94. The molecule has 0 aliphatic carbocycles. The Morgan fingerprint density at radius 3 is 1.18 bits per heavy atom. The number of carbonyl (C=O) groups excluding carboxylic acids is 2. The fourth-order valence-electron chi connectivity index (χ4n) is 8.90. The van der Waals surface area contributed by atoms with Crippen LogP contribution in [0.3, 0.4) is 0 Å². The van der Waals surface area contributed by atoms with E-state index in [1.165, 1.54) is 0 Å². The van der Waals surface area contributed by atoms with E-state index >= 15 is 4.79 Å². The number of aryl methyl sites for hydroxylation is 3. The van der Waals surface area contributed by atoms with Crippen molar-refractivity contribution < 1.29 is 122 Å². The van der Waals surface area contributed by atoms with Crippen LogP contribution in [0.4, 0.5) is 0 Å². The standard InChI is InChI=1S/C64H101N3O25S/c1-50-42-52(63(68)66-13-16-78-26-28-84-30-32-85-31-29-83-27-25-77-15-12-65)43-51(2)62(50)92-64(69)61-57-44-53(90-55(46-86-37-33-79-21-17-73-3)47-87-38-34-80-22-18-74-4)8-10-59(57)67(14-7-41-93(70,71)72)60-11-9-54(45-58(60)61)91-56(48-88-39-35-81-23-19-75-5)49-89-40-36-82-24-20-76-6/h8-11,42-45,55-56H,7,12-41,46-49,65H2,1-6H3,(H-,66,68,70,71,72)/p+1. The molecule has 28 nitrogen and oxygen atoms in total. The summed E-state index contributed by atoms with van der Waals surface area (Å²) in [5.41, 5.74) is 7.82. The van der Waals surface area contributed by atoms with Gasteiger partial charge in [-0.05, 0) is 61.4 Å². The lowest BCUT2D eigenvalue weighted by Gasteiger charge is -2.21. The molecule has 0 aliphatic heterocycles. The Morgan fingerprint density at radius 1 is 0.484 bits per heavy atom. The predicted molar refractivity (Wildman–Crippen MR) is 342 cm³/mol. The molecule has 0 bridgehead atoms. The number of nitrogens with zero attached hydrogens (tertiary/aromatic N) is 1. The van der Waals surface area contributed by atoms with Gasteiger partial charge in [-0.2, -0.15) is 13.0 Å². The van der Waals surface area contributed by atoms with E-state index in [0.717, 1.165) is 0 Å². The van der Waals surface area contributed by atoms with Gasteiger partial charge in [0.1, 0.15) is 29.5 Å². The number of ether oxygens (including phenoxy) is 20. The molecule has 0 fully saturated rings. The summed E-state index contributed by atoms with van der Waals surface area (Å²) in [6.45, 7) is 14.2. The largest absolute Gasteiger partial charge is 0.486 e. The summed E-state index contributed by atoms with van der Waals surface area (Å²) in [6.07, 6.45) is -1.35. The van der Waals surface area contributed by atoms with Crippen LogP contribution in [-0.4, -0.2) is 283 Å². The molecule has 0 radical (unpaired) electrons. The predicted octanol–water partition coefficient (Wildman–Crippen LogP) is 3.38. The van der Waals surface area contributed by atoms with Crippen LogP contribution in [0.1, 0.15) is 38.3 Å². The normalized spacial score (nSPS) is 11.9. The maximum absolute atomic E-state index is 15.4. The molecule has 4 rings (SSSR count). The van der Waals surface area contributed by atoms with Crippen molar-refractivity contribution in [3.8, 4) is 17.2 Å². The van der Waals surface area contributed by atoms with Gasteiger partial charge < -0.3 is 106 Å². The molecule has 0 aliphatic rings. The van der Waals surface area contributed by atoms with Crippen molar-refractivity contribution in [2.24, 2.45) is 5.73 Å². The third-order valence-corrected chi connectivity index (χ3v) is 14.1. The number of amides is 1. The fourth-order valence-corrected chi connectivity index (χ4v) is 9.40. The van der Waals surface area contributed by atoms with Crippen molar-refractivity contribution in [2.75, 3.05) is 245 Å². The number of esters is 1. The van der Waals surface area contributed by atoms with Gasteiger partial charge in [0, 0.05) is 65.6 Å². The summed E-state index contributed by atoms with van der Waals surface area (Å²) in [7, 11) is 2.00. The molecule has 1 heterocycles. The van der Waals surface area contributed by atoms with E-state index in [-0.39, 0.29) is 96.2 Å². The minimum Gasteiger partial charge on any atom is -0.486 e. The molecule has 0 saturated carbocycles. The summed E-state index contributed by atoms with van der Waals surface area (Å²) < 4.78 is 150. The van der Waals surface area contributed by atoms with Gasteiger partial charge in [0.2, 0.25) is 11.0 Å². The van der Waals surface area contributed by atoms with Crippen molar-refractivity contribution >= 4 is 43.8 Å². The molecule has 1 aromatic heterocycles. The van der Waals surface area contributed by atoms with Crippen LogP contribution in [-0.2, 0) is 97.2 Å². The fraction of sp³-hybridized carbons (Fsp3) is 0.672. The van der Waals surface area contributed by atoms with E-state index in [1.807, 2.05) is 4.57 Å². The maximum atomic E-state index is 15.4. The van der Waals surface area contributed by atoms with E-state index in [1.54, 1.807) is 90.8 Å². The van der Waals surface area contributed by atoms with Crippen molar-refractivity contribution in [3.63, 3.8) is 0 Å². The highest BCUT2D eigenvalue weighted by Gasteiger charge is 2.29. The number of nitrogens with two attached hydrogens (primary N) is 1. The summed E-state index contributed by atoms with van der Waals surface area (Å²) in [5, 5.41) is 3.59. The monoisotopic (exact) mass is 1340 g/mol. The molecule has 1 amide bonds. The molecule has 4 aromatic rings. The molecule has 29 heteroatoms. The van der Waals surface area contributed by atoms with Gasteiger partial charge in [0.15, 0.2) is 6.54 Å². The zero-order valence-corrected chi connectivity index (χ0v) is 56.0. The summed E-state index contributed by atoms with van der Waals surface area (Å²) in [4.78, 5) is 29.0. The third kappa shape index (κ3) is 34.5. The molecule has 3 aromatic carbocycles. The minimum atomic E-state index is -4.37. The highest BCUT2D eigenvalue weighted by Crippen LogP contribution is 2.34. The van der Waals surface area contributed by atoms with Crippen molar-refractivity contribution in [3.05, 3.63) is 70.8 Å². The van der Waals surface area contributed by atoms with E-state index in [0.29, 0.717) is 195 Å². The Morgan fingerprint density at radius 2 is 0.828 bits per heavy atom. The first-order valence-electron chi connectivity index (χ1n) is 31.3. The minimum absolute atomic E-state index is 0.00111. The second-order valence-electron chi connectivity index (χ2n) is 20.7. The van der Waals surface area contributed by atoms with E-state index in [9.17, 15) is 17.8 Å². The molecular formula is C64H102N3O25S+. The lowest BCUT2D eigenvalue weighted by atomic mass is 10.0. The Balaban J connectivity index is 1.68. The van der Waals surface area contributed by atoms with Crippen LogP contribution in [0.2, 0.25) is 0 Å². The van der Waals surface area contributed by atoms with Crippen LogP contribution in [0, 0.1) is 13.8 Å². The van der Waals surface area contributed by atoms with Crippen LogP contribution in [0.5, 0.6) is 17.2 Å². The first-order valence-corrected chi connectivity index (χ1v) is 32.9. The topological polar surface area (TPSA) is 315 Å². The van der Waals surface area contributed by atoms with Gasteiger partial charge in [0.05, 0.1) is 220 Å². The summed E-state index contributed by atoms with van der Waals surface area (Å²) in [5.74, 6) is -0.810. The van der Waals surface area contributed by atoms with Gasteiger partial charge in [-0.15, -0.1) is 0 Å². The van der Waals surface area contributed by atoms with Gasteiger partial charge in [-0.3, -0.25) is 9.35 Å². The molecule has 4 N–H and O–H groups in total. The quantitative estimate of drug-likeness (QED) is 0.0142. The lowest BCUT2D eigenvalue weighted by molar-refractivity contribution is -0.645. The second-order valence-corrected chi connectivity index (χ2v) is 22.2. The number of hydrogen-bond acceptors (Lipinski definition) is 25. The van der Waals surface area contributed by atoms with Crippen molar-refractivity contribution in [2.45, 2.75) is 39.0 Å². The number of fused-ring (bicyclic) bond motifs is 2. The van der Waals surface area contributed by atoms with Gasteiger partial charge in [-0.1, -0.05) is 0 Å². The number of pyridine rings is 1. The molecule has 528 valence electrons. The SMILES string of the molecule is COCCOCCOCC(COCCOCCOC)Oc1ccc2c(c1)c(C(=O)Oc1c(C)cc(C(=O)NCCOCCOCCOCCOCCOCCN)cc1C)c1cc(OC(COCCOCCOC)COCCOCCOC)ccc1[n+]2CCCS(=O)(=O)O. The zero-order chi connectivity index (χ0) is 67.0. The molecular weight excluding hydrogens is 1240 g/mol. The number of nitrogens with one attached hydrogen (secondary N) is 1. The maximum Gasteiger partial charge on any atom is 0.345 e. The number of benzene rings is 3. The number of methoxy groups -OCH3 is 4. The second kappa shape index (κ2) is 50.4. The number of rotatable bonds is 60. The average Bonchev–Trinajstić information content (AvgIpc) is 0.747. The van der Waals surface area contributed by atoms with Crippen molar-refractivity contribution in [1.82, 2.24) is 5.32 Å². The lowest BCUT2D eigenvalue weighted by Crippen LogP contribution is -2.37. The van der Waals surface area contributed by atoms with Crippen LogP contribution in [0.15, 0.2) is 48.5 Å². The highest BCUT2D eigenvalue weighted by atomic mass is 32.2. The first-order chi connectivity index (χ1) is 45.3. The van der Waals surface area contributed by atoms with Crippen LogP contribution < -0.4 is 29.8 Å². The molecule has 93 heavy (non-hydrogen) atoms. The summed E-state index contributed by atoms with van der Waals surface area (Å²) in [6, 6.07) is 13.6. The molecule has 0 atom stereocenters. The average molecular weight is 1350 g/mol. The number of aromatic nitrogens is 1. The van der Waals surface area contributed by atoms with Gasteiger partial charge in [0.25, 0.3) is 16.0 Å². The van der Waals surface area contributed by atoms with E-state index in [2.05, 4.69) is 5.32 Å². The molecule has 0 unspecified atom stereocenters. The highest BCUT2D eigenvalue weighted by molar-refractivity contribution is 7.85. The Kier molecular flexibility index (Phi) is 43.7. The molecule has 0 saturated heterocycles. The first kappa shape index (κ1) is 80.5. The number of hydrogen-bond donors (Lipinski definition) is 3. The molecule has 0 spiro atoms. The van der Waals surface area contributed by atoms with Crippen LogP contribution >= 0.6 is 0 Å². The Bertz CT molecular complexity index is 2600. The van der Waals surface area contributed by atoms with Crippen molar-refractivity contribution in [1.29, 1.82) is 0 Å².